The van der Waals surface area contributed by atoms with Crippen LogP contribution in [-0.2, 0) is 0 Å². The summed E-state index contributed by atoms with van der Waals surface area (Å²) in [5.41, 5.74) is 13.5. The maximum absolute atomic E-state index is 9.22. The molecule has 0 spiro atoms. The van der Waals surface area contributed by atoms with Crippen LogP contribution in [0.3, 0.4) is 0 Å². The maximum Gasteiger partial charge on any atom is 0.0406 e. The molecule has 1 aliphatic heterocycles. The summed E-state index contributed by atoms with van der Waals surface area (Å²) in [6, 6.07) is 8.05. The highest BCUT2D eigenvalue weighted by Crippen LogP contribution is 2.41. The first kappa shape index (κ1) is 27.5. The van der Waals surface area contributed by atoms with Crippen LogP contribution < -0.4 is 5.73 Å². The summed E-state index contributed by atoms with van der Waals surface area (Å²) in [5, 5.41) is 10.9. The molecule has 5 heteroatoms. The number of likely N-dealkylation sites (tertiary alicyclic amines) is 1. The van der Waals surface area contributed by atoms with Gasteiger partial charge in [-0.25, -0.2) is 0 Å². The molecule has 1 aromatic carbocycles. The van der Waals surface area contributed by atoms with Crippen molar-refractivity contribution in [3.8, 4) is 0 Å². The second kappa shape index (κ2) is 12.4. The van der Waals surface area contributed by atoms with Gasteiger partial charge in [-0.3, -0.25) is 0 Å². The number of allylic oxidation sites excluding steroid dienone is 7. The van der Waals surface area contributed by atoms with Gasteiger partial charge in [-0.1, -0.05) is 91.4 Å². The molecule has 5 rings (SSSR count). The van der Waals surface area contributed by atoms with Crippen LogP contribution in [0.5, 0.6) is 0 Å². The maximum atomic E-state index is 9.22. The predicted octanol–water partition coefficient (Wildman–Crippen LogP) is 8.68. The lowest BCUT2D eigenvalue weighted by atomic mass is 9.75. The number of nitrogens with zero attached hydrogens (tertiary/aromatic N) is 1. The van der Waals surface area contributed by atoms with E-state index in [1.807, 2.05) is 18.2 Å². The van der Waals surface area contributed by atoms with Crippen LogP contribution in [0.1, 0.15) is 75.7 Å². The number of hydrogen-bond acceptors (Lipinski definition) is 3. The van der Waals surface area contributed by atoms with E-state index in [0.717, 1.165) is 78.9 Å². The lowest BCUT2D eigenvalue weighted by Crippen LogP contribution is -2.39. The number of rotatable bonds is 8. The van der Waals surface area contributed by atoms with Crippen molar-refractivity contribution < 1.29 is 0 Å². The number of hydrogen-bond donors (Lipinski definition) is 2. The van der Waals surface area contributed by atoms with Crippen LogP contribution in [-0.4, -0.2) is 29.7 Å². The second-order valence-electron chi connectivity index (χ2n) is 11.6. The molecule has 38 heavy (non-hydrogen) atoms. The minimum absolute atomic E-state index is 0.115. The largest absolute Gasteiger partial charge is 0.375 e. The monoisotopic (exact) mass is 549 g/mol. The van der Waals surface area contributed by atoms with E-state index in [9.17, 15) is 5.41 Å². The van der Waals surface area contributed by atoms with Gasteiger partial charge in [0, 0.05) is 52.4 Å². The van der Waals surface area contributed by atoms with Crippen molar-refractivity contribution in [3.63, 3.8) is 0 Å². The normalized spacial score (nSPS) is 23.9. The molecule has 1 saturated carbocycles. The van der Waals surface area contributed by atoms with Gasteiger partial charge >= 0.3 is 0 Å². The molecule has 202 valence electrons. The second-order valence-corrected chi connectivity index (χ2v) is 12.5. The van der Waals surface area contributed by atoms with Crippen molar-refractivity contribution in [1.82, 2.24) is 4.90 Å². The van der Waals surface area contributed by atoms with Gasteiger partial charge in [0.2, 0.25) is 0 Å². The molecule has 3 N–H and O–H groups in total. The highest BCUT2D eigenvalue weighted by molar-refractivity contribution is 6.30. The van der Waals surface area contributed by atoms with Crippen LogP contribution >= 0.6 is 23.2 Å². The third-order valence-electron chi connectivity index (χ3n) is 9.03. The summed E-state index contributed by atoms with van der Waals surface area (Å²) in [6.07, 6.45) is 19.9. The zero-order valence-corrected chi connectivity index (χ0v) is 23.9. The fraction of sp³-hybridized carbons (Fsp3) is 0.485. The Morgan fingerprint density at radius 3 is 2.39 bits per heavy atom. The molecular formula is C33H41Cl2N3. The van der Waals surface area contributed by atoms with Crippen molar-refractivity contribution in [2.75, 3.05) is 13.1 Å². The number of nitrogens with one attached hydrogen (secondary N) is 1. The summed E-state index contributed by atoms with van der Waals surface area (Å²) in [6.45, 7) is 6.43. The summed E-state index contributed by atoms with van der Waals surface area (Å²) in [7, 11) is 0. The first-order chi connectivity index (χ1) is 18.4. The Bertz CT molecular complexity index is 1160. The quantitative estimate of drug-likeness (QED) is 0.318. The van der Waals surface area contributed by atoms with Crippen LogP contribution in [0, 0.1) is 17.2 Å². The molecule has 2 fully saturated rings. The van der Waals surface area contributed by atoms with E-state index in [1.165, 1.54) is 48.1 Å². The van der Waals surface area contributed by atoms with Crippen LogP contribution in [0.25, 0.3) is 0 Å². The van der Waals surface area contributed by atoms with E-state index < -0.39 is 0 Å². The van der Waals surface area contributed by atoms with E-state index in [4.69, 9.17) is 28.9 Å². The molecule has 2 unspecified atom stereocenters. The minimum Gasteiger partial charge on any atom is -0.375 e. The fourth-order valence-corrected chi connectivity index (χ4v) is 7.04. The number of halogens is 2. The van der Waals surface area contributed by atoms with Gasteiger partial charge < -0.3 is 16.0 Å². The summed E-state index contributed by atoms with van der Waals surface area (Å²) >= 11 is 12.5. The molecule has 0 amide bonds. The molecule has 3 aliphatic carbocycles. The van der Waals surface area contributed by atoms with E-state index in [0.29, 0.717) is 0 Å². The van der Waals surface area contributed by atoms with Crippen molar-refractivity contribution in [3.05, 3.63) is 93.2 Å². The Morgan fingerprint density at radius 1 is 1.03 bits per heavy atom. The van der Waals surface area contributed by atoms with Crippen LogP contribution in [0.2, 0.25) is 5.02 Å². The number of piperidine rings is 1. The highest BCUT2D eigenvalue weighted by Gasteiger charge is 2.31. The zero-order chi connectivity index (χ0) is 26.6. The van der Waals surface area contributed by atoms with Crippen molar-refractivity contribution in [2.45, 2.75) is 76.2 Å². The number of benzene rings is 1. The molecule has 2 atom stereocenters. The SMILES string of the molecule is C=C(CC1CCCC1)N1CCC(C(=N)C2=CC(C(C3=CC=C(Cl)CC3)c3ccc(Cl)cc3)=CCC2N)CC1. The molecule has 1 saturated heterocycles. The molecule has 1 heterocycles. The Labute approximate surface area is 238 Å². The lowest BCUT2D eigenvalue weighted by Gasteiger charge is -2.37. The topological polar surface area (TPSA) is 53.1 Å². The Balaban J connectivity index is 1.31. The molecule has 0 aromatic heterocycles. The van der Waals surface area contributed by atoms with Crippen LogP contribution in [0.15, 0.2) is 82.6 Å². The minimum atomic E-state index is -0.123. The molecule has 3 nitrogen and oxygen atoms in total. The van der Waals surface area contributed by atoms with Crippen molar-refractivity contribution in [2.24, 2.45) is 17.6 Å². The van der Waals surface area contributed by atoms with Gasteiger partial charge in [-0.05, 0) is 79.4 Å². The first-order valence-corrected chi connectivity index (χ1v) is 15.1. The first-order valence-electron chi connectivity index (χ1n) is 14.4. The Kier molecular flexibility index (Phi) is 8.98. The van der Waals surface area contributed by atoms with Crippen molar-refractivity contribution >= 4 is 28.9 Å². The smallest absolute Gasteiger partial charge is 0.0406 e. The highest BCUT2D eigenvalue weighted by atomic mass is 35.5. The van der Waals surface area contributed by atoms with E-state index in [2.05, 4.69) is 41.8 Å². The van der Waals surface area contributed by atoms with Gasteiger partial charge in [0.05, 0.1) is 0 Å². The molecule has 0 radical (unpaired) electrons. The van der Waals surface area contributed by atoms with Gasteiger partial charge in [0.25, 0.3) is 0 Å². The number of nitrogens with two attached hydrogens (primary N) is 1. The van der Waals surface area contributed by atoms with Gasteiger partial charge in [0.1, 0.15) is 0 Å². The molecular weight excluding hydrogens is 509 g/mol. The molecule has 0 bridgehead atoms. The van der Waals surface area contributed by atoms with E-state index in [-0.39, 0.29) is 17.9 Å². The van der Waals surface area contributed by atoms with Gasteiger partial charge in [-0.15, -0.1) is 0 Å². The third kappa shape index (κ3) is 6.38. The van der Waals surface area contributed by atoms with Crippen LogP contribution in [0.4, 0.5) is 0 Å². The summed E-state index contributed by atoms with van der Waals surface area (Å²) < 4.78 is 0. The van der Waals surface area contributed by atoms with Crippen molar-refractivity contribution in [1.29, 1.82) is 5.41 Å². The standard InChI is InChI=1S/C33H41Cl2N3/c1-22(20-23-4-2-3-5-23)38-18-16-26(17-19-38)33(37)30-21-27(10-15-31(30)36)32(24-6-11-28(34)12-7-24)25-8-13-29(35)14-9-25/h6-8,10-13,21,23,26,31-32,37H,1-5,9,14-20,36H2. The Hall–Kier alpha value is -2.07. The fourth-order valence-electron chi connectivity index (χ4n) is 6.76. The average Bonchev–Trinajstić information content (AvgIpc) is 3.44. The van der Waals surface area contributed by atoms with E-state index in [1.54, 1.807) is 0 Å². The predicted molar refractivity (Wildman–Crippen MR) is 162 cm³/mol. The lowest BCUT2D eigenvalue weighted by molar-refractivity contribution is 0.245. The molecule has 4 aliphatic rings. The summed E-state index contributed by atoms with van der Waals surface area (Å²) in [5.74, 6) is 1.20. The zero-order valence-electron chi connectivity index (χ0n) is 22.4. The van der Waals surface area contributed by atoms with E-state index >= 15 is 0 Å². The van der Waals surface area contributed by atoms with Gasteiger partial charge in [-0.2, -0.15) is 0 Å². The molecule has 1 aromatic rings. The average molecular weight is 551 g/mol. The Morgan fingerprint density at radius 2 is 1.74 bits per heavy atom. The van der Waals surface area contributed by atoms with Gasteiger partial charge in [0.15, 0.2) is 0 Å². The summed E-state index contributed by atoms with van der Waals surface area (Å²) in [4.78, 5) is 2.48. The third-order valence-corrected chi connectivity index (χ3v) is 9.59.